The molecular weight excluding hydrogens is 232 g/mol. The number of phenolic OH excluding ortho intramolecular Hbond substituents is 1. The summed E-state index contributed by atoms with van der Waals surface area (Å²) in [5.41, 5.74) is 0.946. The number of phenols is 1. The van der Waals surface area contributed by atoms with Gasteiger partial charge in [0.15, 0.2) is 5.82 Å². The Bertz CT molecular complexity index is 496. The number of hydrogen-bond acceptors (Lipinski definition) is 5. The summed E-state index contributed by atoms with van der Waals surface area (Å²) >= 11 is 0. The summed E-state index contributed by atoms with van der Waals surface area (Å²) < 4.78 is 10.1. The molecule has 0 saturated carbocycles. The number of rotatable bonds is 6. The zero-order chi connectivity index (χ0) is 12.8. The molecule has 0 fully saturated rings. The summed E-state index contributed by atoms with van der Waals surface area (Å²) in [6.07, 6.45) is 2.16. The van der Waals surface area contributed by atoms with Gasteiger partial charge in [0.25, 0.3) is 0 Å². The maximum absolute atomic E-state index is 9.36. The summed E-state index contributed by atoms with van der Waals surface area (Å²) in [4.78, 5) is 4.29. The van der Waals surface area contributed by atoms with E-state index < -0.39 is 0 Å². The molecule has 0 aliphatic rings. The molecule has 2 rings (SSSR count). The van der Waals surface area contributed by atoms with Gasteiger partial charge in [-0.3, -0.25) is 0 Å². The van der Waals surface area contributed by atoms with Gasteiger partial charge in [-0.05, 0) is 24.1 Å². The third kappa shape index (κ3) is 3.56. The average Bonchev–Trinajstić information content (AvgIpc) is 2.77. The van der Waals surface area contributed by atoms with Crippen molar-refractivity contribution >= 4 is 0 Å². The highest BCUT2D eigenvalue weighted by Crippen LogP contribution is 2.14. The van der Waals surface area contributed by atoms with Crippen LogP contribution in [0.3, 0.4) is 0 Å². The zero-order valence-corrected chi connectivity index (χ0v) is 10.3. The SMILES string of the molecule is COCCCc1noc(Cc2cccc(O)c2)n1. The van der Waals surface area contributed by atoms with Crippen molar-refractivity contribution in [3.8, 4) is 5.75 Å². The van der Waals surface area contributed by atoms with Gasteiger partial charge >= 0.3 is 0 Å². The third-order valence-corrected chi connectivity index (χ3v) is 2.52. The van der Waals surface area contributed by atoms with Crippen LogP contribution < -0.4 is 0 Å². The first-order valence-corrected chi connectivity index (χ1v) is 5.86. The summed E-state index contributed by atoms with van der Waals surface area (Å²) in [6, 6.07) is 7.03. The molecule has 0 saturated heterocycles. The van der Waals surface area contributed by atoms with Crippen LogP contribution in [0.5, 0.6) is 5.75 Å². The average molecular weight is 248 g/mol. The Balaban J connectivity index is 1.94. The number of aryl methyl sites for hydroxylation is 1. The molecule has 0 aliphatic heterocycles. The molecule has 1 aromatic carbocycles. The standard InChI is InChI=1S/C13H16N2O3/c1-17-7-3-6-12-14-13(18-15-12)9-10-4-2-5-11(16)8-10/h2,4-5,8,16H,3,6-7,9H2,1H3. The van der Waals surface area contributed by atoms with Crippen molar-refractivity contribution < 1.29 is 14.4 Å². The summed E-state index contributed by atoms with van der Waals surface area (Å²) in [7, 11) is 1.67. The minimum absolute atomic E-state index is 0.243. The van der Waals surface area contributed by atoms with Crippen LogP contribution in [0.15, 0.2) is 28.8 Å². The largest absolute Gasteiger partial charge is 0.508 e. The predicted octanol–water partition coefficient (Wildman–Crippen LogP) is 1.94. The van der Waals surface area contributed by atoms with E-state index in [1.807, 2.05) is 6.07 Å². The molecule has 2 aromatic rings. The Kier molecular flexibility index (Phi) is 4.30. The van der Waals surface area contributed by atoms with Crippen LogP contribution in [-0.4, -0.2) is 29.0 Å². The van der Waals surface area contributed by atoms with Crippen LogP contribution in [0.4, 0.5) is 0 Å². The van der Waals surface area contributed by atoms with E-state index in [4.69, 9.17) is 9.26 Å². The smallest absolute Gasteiger partial charge is 0.231 e. The monoisotopic (exact) mass is 248 g/mol. The zero-order valence-electron chi connectivity index (χ0n) is 10.3. The van der Waals surface area contributed by atoms with Gasteiger partial charge in [0.2, 0.25) is 5.89 Å². The molecular formula is C13H16N2O3. The van der Waals surface area contributed by atoms with Crippen molar-refractivity contribution in [3.05, 3.63) is 41.5 Å². The van der Waals surface area contributed by atoms with E-state index in [0.717, 1.165) is 18.4 Å². The Morgan fingerprint density at radius 3 is 3.06 bits per heavy atom. The maximum Gasteiger partial charge on any atom is 0.231 e. The fourth-order valence-corrected chi connectivity index (χ4v) is 1.68. The summed E-state index contributed by atoms with van der Waals surface area (Å²) in [6.45, 7) is 0.691. The van der Waals surface area contributed by atoms with Crippen LogP contribution in [0.2, 0.25) is 0 Å². The Hall–Kier alpha value is -1.88. The topological polar surface area (TPSA) is 68.4 Å². The fraction of sp³-hybridized carbons (Fsp3) is 0.385. The molecule has 0 amide bonds. The molecule has 5 nitrogen and oxygen atoms in total. The number of methoxy groups -OCH3 is 1. The second kappa shape index (κ2) is 6.16. The van der Waals surface area contributed by atoms with E-state index in [0.29, 0.717) is 24.7 Å². The maximum atomic E-state index is 9.36. The molecule has 18 heavy (non-hydrogen) atoms. The first-order chi connectivity index (χ1) is 8.78. The highest BCUT2D eigenvalue weighted by atomic mass is 16.5. The molecule has 1 heterocycles. The number of aromatic hydroxyl groups is 1. The second-order valence-electron chi connectivity index (χ2n) is 4.05. The lowest BCUT2D eigenvalue weighted by Crippen LogP contribution is -1.95. The number of ether oxygens (including phenoxy) is 1. The van der Waals surface area contributed by atoms with Crippen molar-refractivity contribution in [1.29, 1.82) is 0 Å². The van der Waals surface area contributed by atoms with E-state index in [2.05, 4.69) is 10.1 Å². The lowest BCUT2D eigenvalue weighted by atomic mass is 10.1. The van der Waals surface area contributed by atoms with Crippen molar-refractivity contribution in [3.63, 3.8) is 0 Å². The number of benzene rings is 1. The van der Waals surface area contributed by atoms with Gasteiger partial charge in [-0.25, -0.2) is 0 Å². The minimum Gasteiger partial charge on any atom is -0.508 e. The predicted molar refractivity (Wildman–Crippen MR) is 65.4 cm³/mol. The molecule has 5 heteroatoms. The normalized spacial score (nSPS) is 10.7. The van der Waals surface area contributed by atoms with Crippen LogP contribution >= 0.6 is 0 Å². The Morgan fingerprint density at radius 2 is 2.28 bits per heavy atom. The quantitative estimate of drug-likeness (QED) is 0.791. The summed E-state index contributed by atoms with van der Waals surface area (Å²) in [5, 5.41) is 13.3. The molecule has 96 valence electrons. The molecule has 0 bridgehead atoms. The highest BCUT2D eigenvalue weighted by Gasteiger charge is 2.07. The third-order valence-electron chi connectivity index (χ3n) is 2.52. The van der Waals surface area contributed by atoms with Crippen molar-refractivity contribution in [2.75, 3.05) is 13.7 Å². The number of aromatic nitrogens is 2. The van der Waals surface area contributed by atoms with Gasteiger partial charge < -0.3 is 14.4 Å². The second-order valence-corrected chi connectivity index (χ2v) is 4.05. The molecule has 0 spiro atoms. The van der Waals surface area contributed by atoms with E-state index in [1.165, 1.54) is 0 Å². The van der Waals surface area contributed by atoms with Gasteiger partial charge in [-0.1, -0.05) is 17.3 Å². The Labute approximate surface area is 105 Å². The van der Waals surface area contributed by atoms with Gasteiger partial charge in [0, 0.05) is 20.1 Å². The van der Waals surface area contributed by atoms with Crippen LogP contribution in [0.25, 0.3) is 0 Å². The summed E-state index contributed by atoms with van der Waals surface area (Å²) in [5.74, 6) is 1.50. The van der Waals surface area contributed by atoms with Crippen LogP contribution in [0.1, 0.15) is 23.7 Å². The van der Waals surface area contributed by atoms with E-state index in [1.54, 1.807) is 25.3 Å². The molecule has 0 unspecified atom stereocenters. The van der Waals surface area contributed by atoms with Gasteiger partial charge in [-0.2, -0.15) is 4.98 Å². The van der Waals surface area contributed by atoms with Crippen LogP contribution in [-0.2, 0) is 17.6 Å². The first-order valence-electron chi connectivity index (χ1n) is 5.86. The first kappa shape index (κ1) is 12.6. The molecule has 0 aliphatic carbocycles. The van der Waals surface area contributed by atoms with Crippen LogP contribution in [0, 0.1) is 0 Å². The van der Waals surface area contributed by atoms with E-state index in [9.17, 15) is 5.11 Å². The Morgan fingerprint density at radius 1 is 1.39 bits per heavy atom. The van der Waals surface area contributed by atoms with Gasteiger partial charge in [-0.15, -0.1) is 0 Å². The molecule has 0 radical (unpaired) electrons. The van der Waals surface area contributed by atoms with Gasteiger partial charge in [0.05, 0.1) is 6.42 Å². The molecule has 1 N–H and O–H groups in total. The van der Waals surface area contributed by atoms with Crippen molar-refractivity contribution in [1.82, 2.24) is 10.1 Å². The molecule has 0 atom stereocenters. The lowest BCUT2D eigenvalue weighted by Gasteiger charge is -1.97. The van der Waals surface area contributed by atoms with Crippen molar-refractivity contribution in [2.24, 2.45) is 0 Å². The minimum atomic E-state index is 0.243. The fourth-order valence-electron chi connectivity index (χ4n) is 1.68. The lowest BCUT2D eigenvalue weighted by molar-refractivity contribution is 0.194. The highest BCUT2D eigenvalue weighted by molar-refractivity contribution is 5.28. The van der Waals surface area contributed by atoms with Gasteiger partial charge in [0.1, 0.15) is 5.75 Å². The molecule has 1 aromatic heterocycles. The van der Waals surface area contributed by atoms with E-state index >= 15 is 0 Å². The van der Waals surface area contributed by atoms with Crippen molar-refractivity contribution in [2.45, 2.75) is 19.3 Å². The number of hydrogen-bond donors (Lipinski definition) is 1. The van der Waals surface area contributed by atoms with E-state index in [-0.39, 0.29) is 5.75 Å². The number of nitrogens with zero attached hydrogens (tertiary/aromatic N) is 2.